The van der Waals surface area contributed by atoms with Crippen LogP contribution in [0.2, 0.25) is 0 Å². The summed E-state index contributed by atoms with van der Waals surface area (Å²) < 4.78 is 0. The van der Waals surface area contributed by atoms with Gasteiger partial charge in [-0.1, -0.05) is 6.92 Å². The summed E-state index contributed by atoms with van der Waals surface area (Å²) in [5.41, 5.74) is 0. The molecule has 0 bridgehead atoms. The molecular weight excluding hydrogens is 240 g/mol. The number of hydrogen-bond donors (Lipinski definition) is 3. The SMILES string of the molecule is CSCCC(NC(=O)[C@@H]1CNC[C@H]1C)C(=O)O. The van der Waals surface area contributed by atoms with Gasteiger partial charge in [-0.3, -0.25) is 4.79 Å². The molecule has 1 amide bonds. The smallest absolute Gasteiger partial charge is 0.326 e. The Morgan fingerprint density at radius 1 is 1.53 bits per heavy atom. The van der Waals surface area contributed by atoms with Crippen LogP contribution in [0.5, 0.6) is 0 Å². The number of nitrogens with one attached hydrogen (secondary N) is 2. The maximum absolute atomic E-state index is 11.9. The van der Waals surface area contributed by atoms with Gasteiger partial charge in [-0.15, -0.1) is 0 Å². The molecule has 1 heterocycles. The van der Waals surface area contributed by atoms with Crippen molar-refractivity contribution in [1.29, 1.82) is 0 Å². The lowest BCUT2D eigenvalue weighted by Crippen LogP contribution is -2.45. The number of rotatable bonds is 6. The average Bonchev–Trinajstić information content (AvgIpc) is 2.70. The second-order valence-electron chi connectivity index (χ2n) is 4.42. The van der Waals surface area contributed by atoms with E-state index < -0.39 is 12.0 Å². The van der Waals surface area contributed by atoms with Gasteiger partial charge in [-0.25, -0.2) is 4.79 Å². The molecule has 0 radical (unpaired) electrons. The third kappa shape index (κ3) is 4.20. The van der Waals surface area contributed by atoms with E-state index in [2.05, 4.69) is 10.6 Å². The van der Waals surface area contributed by atoms with E-state index in [1.165, 1.54) is 0 Å². The van der Waals surface area contributed by atoms with E-state index in [4.69, 9.17) is 5.11 Å². The number of amides is 1. The molecule has 1 rings (SSSR count). The lowest BCUT2D eigenvalue weighted by atomic mass is 9.97. The molecule has 0 aliphatic carbocycles. The maximum atomic E-state index is 11.9. The summed E-state index contributed by atoms with van der Waals surface area (Å²) in [4.78, 5) is 22.9. The van der Waals surface area contributed by atoms with E-state index in [0.29, 0.717) is 13.0 Å². The van der Waals surface area contributed by atoms with E-state index in [1.807, 2.05) is 13.2 Å². The van der Waals surface area contributed by atoms with Crippen LogP contribution >= 0.6 is 11.8 Å². The molecule has 1 saturated heterocycles. The molecule has 3 N–H and O–H groups in total. The number of carbonyl (C=O) groups is 2. The first-order chi connectivity index (χ1) is 8.06. The summed E-state index contributed by atoms with van der Waals surface area (Å²) in [5, 5.41) is 14.8. The van der Waals surface area contributed by atoms with Crippen LogP contribution in [-0.2, 0) is 9.59 Å². The normalized spacial score (nSPS) is 25.5. The first-order valence-electron chi connectivity index (χ1n) is 5.79. The fraction of sp³-hybridized carbons (Fsp3) is 0.818. The zero-order valence-corrected chi connectivity index (χ0v) is 11.0. The lowest BCUT2D eigenvalue weighted by Gasteiger charge is -2.18. The monoisotopic (exact) mass is 260 g/mol. The van der Waals surface area contributed by atoms with Crippen molar-refractivity contribution in [2.24, 2.45) is 11.8 Å². The molecule has 0 spiro atoms. The van der Waals surface area contributed by atoms with Crippen molar-refractivity contribution in [1.82, 2.24) is 10.6 Å². The second-order valence-corrected chi connectivity index (χ2v) is 5.41. The highest BCUT2D eigenvalue weighted by atomic mass is 32.2. The minimum atomic E-state index is -0.953. The van der Waals surface area contributed by atoms with Crippen LogP contribution in [0.1, 0.15) is 13.3 Å². The van der Waals surface area contributed by atoms with E-state index in [1.54, 1.807) is 11.8 Å². The molecule has 1 aliphatic rings. The molecule has 0 aromatic heterocycles. The molecule has 3 atom stereocenters. The van der Waals surface area contributed by atoms with Gasteiger partial charge in [0, 0.05) is 6.54 Å². The zero-order chi connectivity index (χ0) is 12.8. The van der Waals surface area contributed by atoms with Gasteiger partial charge in [0.1, 0.15) is 6.04 Å². The van der Waals surface area contributed by atoms with E-state index >= 15 is 0 Å². The topological polar surface area (TPSA) is 78.4 Å². The molecule has 5 nitrogen and oxygen atoms in total. The first-order valence-corrected chi connectivity index (χ1v) is 7.18. The molecular formula is C11H20N2O3S. The number of carbonyl (C=O) groups excluding carboxylic acids is 1. The Labute approximate surface area is 106 Å². The summed E-state index contributed by atoms with van der Waals surface area (Å²) in [5.74, 6) is -0.200. The Balaban J connectivity index is 2.48. The van der Waals surface area contributed by atoms with Gasteiger partial charge in [0.15, 0.2) is 0 Å². The minimum Gasteiger partial charge on any atom is -0.480 e. The van der Waals surface area contributed by atoms with Crippen LogP contribution in [0.15, 0.2) is 0 Å². The van der Waals surface area contributed by atoms with Crippen molar-refractivity contribution in [2.75, 3.05) is 25.1 Å². The zero-order valence-electron chi connectivity index (χ0n) is 10.2. The molecule has 1 fully saturated rings. The lowest BCUT2D eigenvalue weighted by molar-refractivity contribution is -0.142. The molecule has 0 aromatic rings. The fourth-order valence-corrected chi connectivity index (χ4v) is 2.40. The molecule has 1 aliphatic heterocycles. The first kappa shape index (κ1) is 14.3. The highest BCUT2D eigenvalue weighted by Crippen LogP contribution is 2.16. The minimum absolute atomic E-state index is 0.105. The van der Waals surface area contributed by atoms with E-state index in [0.717, 1.165) is 12.3 Å². The summed E-state index contributed by atoms with van der Waals surface area (Å²) in [6.07, 6.45) is 2.39. The van der Waals surface area contributed by atoms with Crippen molar-refractivity contribution in [3.8, 4) is 0 Å². The Morgan fingerprint density at radius 3 is 2.71 bits per heavy atom. The fourth-order valence-electron chi connectivity index (χ4n) is 1.93. The van der Waals surface area contributed by atoms with Crippen molar-refractivity contribution in [3.63, 3.8) is 0 Å². The molecule has 17 heavy (non-hydrogen) atoms. The van der Waals surface area contributed by atoms with Gasteiger partial charge in [0.2, 0.25) is 5.91 Å². The molecule has 6 heteroatoms. The van der Waals surface area contributed by atoms with Crippen LogP contribution in [-0.4, -0.2) is 48.1 Å². The summed E-state index contributed by atoms with van der Waals surface area (Å²) >= 11 is 1.58. The van der Waals surface area contributed by atoms with Crippen LogP contribution in [0.4, 0.5) is 0 Å². The molecule has 0 aromatic carbocycles. The molecule has 98 valence electrons. The van der Waals surface area contributed by atoms with Gasteiger partial charge in [-0.05, 0) is 30.9 Å². The molecule has 1 unspecified atom stereocenters. The van der Waals surface area contributed by atoms with E-state index in [9.17, 15) is 9.59 Å². The van der Waals surface area contributed by atoms with Crippen LogP contribution in [0.25, 0.3) is 0 Å². The van der Waals surface area contributed by atoms with Crippen LogP contribution in [0.3, 0.4) is 0 Å². The van der Waals surface area contributed by atoms with Crippen molar-refractivity contribution in [3.05, 3.63) is 0 Å². The van der Waals surface area contributed by atoms with E-state index in [-0.39, 0.29) is 17.7 Å². The number of carboxylic acids is 1. The number of carboxylic acid groups (broad SMARTS) is 1. The Morgan fingerprint density at radius 2 is 2.24 bits per heavy atom. The maximum Gasteiger partial charge on any atom is 0.326 e. The molecule has 0 saturated carbocycles. The van der Waals surface area contributed by atoms with Crippen molar-refractivity contribution < 1.29 is 14.7 Å². The van der Waals surface area contributed by atoms with Crippen molar-refractivity contribution >= 4 is 23.6 Å². The van der Waals surface area contributed by atoms with Gasteiger partial charge in [0.25, 0.3) is 0 Å². The van der Waals surface area contributed by atoms with Gasteiger partial charge in [0.05, 0.1) is 5.92 Å². The highest BCUT2D eigenvalue weighted by Gasteiger charge is 2.31. The van der Waals surface area contributed by atoms with Crippen LogP contribution < -0.4 is 10.6 Å². The Bertz CT molecular complexity index is 286. The summed E-state index contributed by atoms with van der Waals surface area (Å²) in [6.45, 7) is 3.46. The quantitative estimate of drug-likeness (QED) is 0.634. The predicted molar refractivity (Wildman–Crippen MR) is 68.1 cm³/mol. The average molecular weight is 260 g/mol. The van der Waals surface area contributed by atoms with Crippen molar-refractivity contribution in [2.45, 2.75) is 19.4 Å². The number of thioether (sulfide) groups is 1. The summed E-state index contributed by atoms with van der Waals surface area (Å²) in [6, 6.07) is -0.761. The van der Waals surface area contributed by atoms with Gasteiger partial charge < -0.3 is 15.7 Å². The number of aliphatic carboxylic acids is 1. The van der Waals surface area contributed by atoms with Crippen LogP contribution in [0, 0.1) is 11.8 Å². The third-order valence-corrected chi connectivity index (χ3v) is 3.72. The standard InChI is InChI=1S/C11H20N2O3S/c1-7-5-12-6-8(7)10(14)13-9(11(15)16)3-4-17-2/h7-9,12H,3-6H2,1-2H3,(H,13,14)(H,15,16)/t7-,8-,9?/m1/s1. The van der Waals surface area contributed by atoms with Gasteiger partial charge >= 0.3 is 5.97 Å². The number of hydrogen-bond acceptors (Lipinski definition) is 4. The predicted octanol–water partition coefficient (Wildman–Crippen LogP) is 0.164. The largest absolute Gasteiger partial charge is 0.480 e. The Hall–Kier alpha value is -0.750. The Kier molecular flexibility index (Phi) is 5.77. The summed E-state index contributed by atoms with van der Waals surface area (Å²) in [7, 11) is 0. The third-order valence-electron chi connectivity index (χ3n) is 3.08. The highest BCUT2D eigenvalue weighted by molar-refractivity contribution is 7.98. The van der Waals surface area contributed by atoms with Gasteiger partial charge in [-0.2, -0.15) is 11.8 Å². The second kappa shape index (κ2) is 6.86.